The molecule has 2 heterocycles. The minimum atomic E-state index is -4.75. The molecule has 0 aliphatic heterocycles. The number of rotatable bonds is 7. The van der Waals surface area contributed by atoms with Gasteiger partial charge >= 0.3 is 6.18 Å². The van der Waals surface area contributed by atoms with E-state index in [0.29, 0.717) is 16.1 Å². The first kappa shape index (κ1) is 19.9. The zero-order valence-electron chi connectivity index (χ0n) is 14.7. The number of amides is 1. The molecule has 0 bridgehead atoms. The molecule has 1 N–H and O–H groups in total. The van der Waals surface area contributed by atoms with Crippen LogP contribution in [-0.4, -0.2) is 31.8 Å². The molecule has 0 unspecified atom stereocenters. The average molecular weight is 412 g/mol. The Bertz CT molecular complexity index is 920. The molecule has 6 nitrogen and oxygen atoms in total. The maximum absolute atomic E-state index is 13.6. The standard InChI is InChI=1S/C18H17ClF3N5O/c19-13-3-5-14(6-4-13)27-16(18(20,21)22)15(11-25-27)17(28)24-7-1-2-9-26-10-8-23-12-26/h3-6,8,10-12H,1-2,7,9H2,(H,24,28). The second kappa shape index (κ2) is 8.47. The van der Waals surface area contributed by atoms with Crippen molar-refractivity contribution in [2.75, 3.05) is 6.54 Å². The Balaban J connectivity index is 1.68. The number of halogens is 4. The number of alkyl halides is 3. The first-order chi connectivity index (χ1) is 13.4. The number of nitrogens with zero attached hydrogens (tertiary/aromatic N) is 4. The van der Waals surface area contributed by atoms with Gasteiger partial charge in [-0.05, 0) is 37.1 Å². The molecule has 0 radical (unpaired) electrons. The van der Waals surface area contributed by atoms with Crippen molar-refractivity contribution in [2.45, 2.75) is 25.6 Å². The van der Waals surface area contributed by atoms with Gasteiger partial charge in [-0.2, -0.15) is 18.3 Å². The summed E-state index contributed by atoms with van der Waals surface area (Å²) in [6, 6.07) is 5.72. The van der Waals surface area contributed by atoms with Crippen LogP contribution in [0.2, 0.25) is 5.02 Å². The summed E-state index contributed by atoms with van der Waals surface area (Å²) < 4.78 is 43.4. The van der Waals surface area contributed by atoms with Gasteiger partial charge in [-0.15, -0.1) is 0 Å². The Morgan fingerprint density at radius 1 is 1.18 bits per heavy atom. The van der Waals surface area contributed by atoms with Gasteiger partial charge in [0.2, 0.25) is 0 Å². The fourth-order valence-electron chi connectivity index (χ4n) is 2.70. The molecule has 3 rings (SSSR count). The van der Waals surface area contributed by atoms with Crippen molar-refractivity contribution in [3.8, 4) is 5.69 Å². The van der Waals surface area contributed by atoms with Crippen LogP contribution in [0.4, 0.5) is 13.2 Å². The molecule has 0 saturated carbocycles. The molecule has 0 saturated heterocycles. The van der Waals surface area contributed by atoms with E-state index in [1.54, 1.807) is 12.5 Å². The summed E-state index contributed by atoms with van der Waals surface area (Å²) in [6.07, 6.45) is 2.73. The number of carbonyl (C=O) groups is 1. The van der Waals surface area contributed by atoms with Crippen molar-refractivity contribution in [1.29, 1.82) is 0 Å². The van der Waals surface area contributed by atoms with Crippen LogP contribution >= 0.6 is 11.6 Å². The van der Waals surface area contributed by atoms with E-state index in [-0.39, 0.29) is 12.2 Å². The highest BCUT2D eigenvalue weighted by molar-refractivity contribution is 6.30. The number of unbranched alkanes of at least 4 members (excludes halogenated alkanes) is 1. The number of hydrogen-bond donors (Lipinski definition) is 1. The van der Waals surface area contributed by atoms with E-state index in [1.165, 1.54) is 24.3 Å². The number of carbonyl (C=O) groups excluding carboxylic acids is 1. The van der Waals surface area contributed by atoms with E-state index in [4.69, 9.17) is 11.6 Å². The molecule has 28 heavy (non-hydrogen) atoms. The Kier molecular flexibility index (Phi) is 6.03. The molecule has 148 valence electrons. The molecule has 3 aromatic rings. The van der Waals surface area contributed by atoms with Gasteiger partial charge in [-0.25, -0.2) is 9.67 Å². The van der Waals surface area contributed by atoms with Gasteiger partial charge in [-0.3, -0.25) is 4.79 Å². The maximum Gasteiger partial charge on any atom is 0.434 e. The molecule has 10 heteroatoms. The molecule has 0 fully saturated rings. The lowest BCUT2D eigenvalue weighted by Gasteiger charge is -2.13. The first-order valence-corrected chi connectivity index (χ1v) is 8.89. The van der Waals surface area contributed by atoms with Gasteiger partial charge in [0.1, 0.15) is 0 Å². The smallest absolute Gasteiger partial charge is 0.352 e. The third-order valence-corrected chi connectivity index (χ3v) is 4.29. The minimum absolute atomic E-state index is 0.163. The SMILES string of the molecule is O=C(NCCCCn1ccnc1)c1cnn(-c2ccc(Cl)cc2)c1C(F)(F)F. The van der Waals surface area contributed by atoms with Crippen LogP contribution in [0, 0.1) is 0 Å². The van der Waals surface area contributed by atoms with Gasteiger partial charge in [0, 0.05) is 30.5 Å². The van der Waals surface area contributed by atoms with E-state index >= 15 is 0 Å². The summed E-state index contributed by atoms with van der Waals surface area (Å²) in [5.74, 6) is -0.810. The predicted octanol–water partition coefficient (Wildman–Crippen LogP) is 3.95. The van der Waals surface area contributed by atoms with Crippen LogP contribution in [0.5, 0.6) is 0 Å². The highest BCUT2D eigenvalue weighted by atomic mass is 35.5. The zero-order valence-corrected chi connectivity index (χ0v) is 15.4. The van der Waals surface area contributed by atoms with Crippen molar-refractivity contribution in [1.82, 2.24) is 24.6 Å². The van der Waals surface area contributed by atoms with Gasteiger partial charge < -0.3 is 9.88 Å². The number of aromatic nitrogens is 4. The van der Waals surface area contributed by atoms with Crippen LogP contribution in [0.25, 0.3) is 5.69 Å². The minimum Gasteiger partial charge on any atom is -0.352 e. The topological polar surface area (TPSA) is 64.7 Å². The van der Waals surface area contributed by atoms with E-state index in [1.807, 2.05) is 10.8 Å². The summed E-state index contributed by atoms with van der Waals surface area (Å²) in [6.45, 7) is 0.981. The van der Waals surface area contributed by atoms with E-state index in [0.717, 1.165) is 19.2 Å². The van der Waals surface area contributed by atoms with Crippen LogP contribution in [0.3, 0.4) is 0 Å². The highest BCUT2D eigenvalue weighted by Crippen LogP contribution is 2.33. The van der Waals surface area contributed by atoms with Gasteiger partial charge in [0.25, 0.3) is 5.91 Å². The van der Waals surface area contributed by atoms with Crippen LogP contribution in [-0.2, 0) is 12.7 Å². The second-order valence-corrected chi connectivity index (χ2v) is 6.49. The predicted molar refractivity (Wildman–Crippen MR) is 97.4 cm³/mol. The highest BCUT2D eigenvalue weighted by Gasteiger charge is 2.40. The van der Waals surface area contributed by atoms with Crippen LogP contribution in [0.15, 0.2) is 49.2 Å². The number of benzene rings is 1. The number of imidazole rings is 1. The Hall–Kier alpha value is -2.81. The Labute approximate surface area is 163 Å². The number of aryl methyl sites for hydroxylation is 1. The van der Waals surface area contributed by atoms with Gasteiger partial charge in [0.15, 0.2) is 5.69 Å². The largest absolute Gasteiger partial charge is 0.434 e. The first-order valence-electron chi connectivity index (χ1n) is 8.51. The van der Waals surface area contributed by atoms with Gasteiger partial charge in [0.05, 0.1) is 23.8 Å². The van der Waals surface area contributed by atoms with Crippen molar-refractivity contribution < 1.29 is 18.0 Å². The maximum atomic E-state index is 13.6. The molecule has 0 aliphatic carbocycles. The fourth-order valence-corrected chi connectivity index (χ4v) is 2.83. The summed E-state index contributed by atoms with van der Waals surface area (Å²) in [5.41, 5.74) is -1.47. The van der Waals surface area contributed by atoms with E-state index < -0.39 is 23.3 Å². The monoisotopic (exact) mass is 411 g/mol. The van der Waals surface area contributed by atoms with Crippen molar-refractivity contribution in [2.24, 2.45) is 0 Å². The molecule has 1 aromatic carbocycles. The normalized spacial score (nSPS) is 11.6. The van der Waals surface area contributed by atoms with Crippen LogP contribution in [0.1, 0.15) is 28.9 Å². The third kappa shape index (κ3) is 4.72. The lowest BCUT2D eigenvalue weighted by atomic mass is 10.2. The molecule has 0 spiro atoms. The lowest BCUT2D eigenvalue weighted by molar-refractivity contribution is -0.143. The quantitative estimate of drug-likeness (QED) is 0.599. The zero-order chi connectivity index (χ0) is 20.1. The third-order valence-electron chi connectivity index (χ3n) is 4.04. The number of nitrogens with one attached hydrogen (secondary N) is 1. The summed E-state index contributed by atoms with van der Waals surface area (Å²) in [7, 11) is 0. The van der Waals surface area contributed by atoms with E-state index in [9.17, 15) is 18.0 Å². The molecular weight excluding hydrogens is 395 g/mol. The molecule has 2 aromatic heterocycles. The molecular formula is C18H17ClF3N5O. The average Bonchev–Trinajstić information content (AvgIpc) is 3.31. The summed E-state index contributed by atoms with van der Waals surface area (Å²) in [4.78, 5) is 16.2. The van der Waals surface area contributed by atoms with Crippen molar-refractivity contribution in [3.63, 3.8) is 0 Å². The van der Waals surface area contributed by atoms with E-state index in [2.05, 4.69) is 15.4 Å². The second-order valence-electron chi connectivity index (χ2n) is 6.06. The fraction of sp³-hybridized carbons (Fsp3) is 0.278. The summed E-state index contributed by atoms with van der Waals surface area (Å²) in [5, 5.41) is 6.68. The summed E-state index contributed by atoms with van der Waals surface area (Å²) >= 11 is 5.78. The Morgan fingerprint density at radius 2 is 1.93 bits per heavy atom. The molecule has 1 amide bonds. The van der Waals surface area contributed by atoms with Crippen molar-refractivity contribution >= 4 is 17.5 Å². The molecule has 0 aliphatic rings. The number of hydrogen-bond acceptors (Lipinski definition) is 3. The molecule has 0 atom stereocenters. The van der Waals surface area contributed by atoms with Crippen LogP contribution < -0.4 is 5.32 Å². The Morgan fingerprint density at radius 3 is 2.57 bits per heavy atom. The lowest BCUT2D eigenvalue weighted by Crippen LogP contribution is -2.27. The van der Waals surface area contributed by atoms with Crippen molar-refractivity contribution in [3.05, 3.63) is 65.5 Å². The van der Waals surface area contributed by atoms with Gasteiger partial charge in [-0.1, -0.05) is 11.6 Å².